The first-order valence-electron chi connectivity index (χ1n) is 12.0. The molecule has 32 heavy (non-hydrogen) atoms. The van der Waals surface area contributed by atoms with Gasteiger partial charge in [0.1, 0.15) is 0 Å². The van der Waals surface area contributed by atoms with Gasteiger partial charge in [0.05, 0.1) is 12.7 Å². The van der Waals surface area contributed by atoms with Gasteiger partial charge in [0.25, 0.3) is 0 Å². The number of ether oxygens (including phenoxy) is 3. The zero-order valence-corrected chi connectivity index (χ0v) is 19.9. The first kappa shape index (κ1) is 23.2. The van der Waals surface area contributed by atoms with E-state index in [-0.39, 0.29) is 41.5 Å². The summed E-state index contributed by atoms with van der Waals surface area (Å²) in [6.45, 7) is 8.11. The highest BCUT2D eigenvalue weighted by atomic mass is 16.7. The van der Waals surface area contributed by atoms with Crippen LogP contribution >= 0.6 is 0 Å². The average molecular weight is 445 g/mol. The number of allylic oxidation sites excluding steroid dienone is 4. The number of hydrogen-bond donors (Lipinski definition) is 0. The zero-order chi connectivity index (χ0) is 23.3. The van der Waals surface area contributed by atoms with E-state index in [1.807, 2.05) is 6.92 Å². The summed E-state index contributed by atoms with van der Waals surface area (Å²) in [4.78, 5) is 37.9. The molecule has 0 aromatic heterocycles. The quantitative estimate of drug-likeness (QED) is 0.566. The van der Waals surface area contributed by atoms with Gasteiger partial charge in [-0.15, -0.1) is 0 Å². The Morgan fingerprint density at radius 1 is 1.19 bits per heavy atom. The molecular formula is C26H36O6. The predicted octanol–water partition coefficient (Wildman–Crippen LogP) is 4.81. The number of carbonyl (C=O) groups is 3. The normalized spacial score (nSPS) is 42.4. The summed E-state index contributed by atoms with van der Waals surface area (Å²) in [5.74, 6) is 0.783. The summed E-state index contributed by atoms with van der Waals surface area (Å²) in [7, 11) is 1.73. The van der Waals surface area contributed by atoms with E-state index >= 15 is 0 Å². The van der Waals surface area contributed by atoms with Gasteiger partial charge in [-0.3, -0.25) is 9.59 Å². The van der Waals surface area contributed by atoms with Crippen LogP contribution in [0.25, 0.3) is 0 Å². The Balaban J connectivity index is 1.76. The lowest BCUT2D eigenvalue weighted by atomic mass is 9.46. The third kappa shape index (κ3) is 3.12. The Kier molecular flexibility index (Phi) is 5.89. The Bertz CT molecular complexity index is 874. The maximum absolute atomic E-state index is 13.4. The van der Waals surface area contributed by atoms with E-state index in [0.29, 0.717) is 25.2 Å². The second-order valence-corrected chi connectivity index (χ2v) is 10.3. The second kappa shape index (κ2) is 8.12. The molecule has 0 bridgehead atoms. The monoisotopic (exact) mass is 444 g/mol. The van der Waals surface area contributed by atoms with Crippen molar-refractivity contribution in [1.29, 1.82) is 0 Å². The van der Waals surface area contributed by atoms with Gasteiger partial charge < -0.3 is 14.2 Å². The highest BCUT2D eigenvalue weighted by Crippen LogP contribution is 2.68. The Morgan fingerprint density at radius 3 is 2.59 bits per heavy atom. The maximum Gasteiger partial charge on any atom is 0.509 e. The zero-order valence-electron chi connectivity index (χ0n) is 19.9. The molecule has 0 N–H and O–H groups in total. The van der Waals surface area contributed by atoms with Crippen LogP contribution in [0.2, 0.25) is 0 Å². The van der Waals surface area contributed by atoms with Crippen LogP contribution in [0.4, 0.5) is 4.79 Å². The van der Waals surface area contributed by atoms with Crippen LogP contribution in [-0.2, 0) is 23.8 Å². The first-order valence-corrected chi connectivity index (χ1v) is 12.0. The van der Waals surface area contributed by atoms with Crippen LogP contribution < -0.4 is 0 Å². The van der Waals surface area contributed by atoms with Crippen LogP contribution in [-0.4, -0.2) is 43.1 Å². The van der Waals surface area contributed by atoms with E-state index in [1.54, 1.807) is 26.2 Å². The molecule has 0 amide bonds. The minimum atomic E-state index is -1.18. The molecule has 6 nitrogen and oxygen atoms in total. The molecule has 0 aliphatic heterocycles. The summed E-state index contributed by atoms with van der Waals surface area (Å²) in [5, 5.41) is 0. The SMILES string of the molecule is CCOC(=O)O[C@]1(C(=O)CC)CCC2C3CCC4=CC(=O)C=CC4(C)C3C(OC)CC21C. The Labute approximate surface area is 190 Å². The Morgan fingerprint density at radius 2 is 1.94 bits per heavy atom. The predicted molar refractivity (Wildman–Crippen MR) is 119 cm³/mol. The highest BCUT2D eigenvalue weighted by molar-refractivity contribution is 6.01. The van der Waals surface area contributed by atoms with Gasteiger partial charge in [0.2, 0.25) is 0 Å². The Hall–Kier alpha value is -1.95. The van der Waals surface area contributed by atoms with Gasteiger partial charge in [0.15, 0.2) is 17.2 Å². The number of ketones is 2. The molecule has 3 fully saturated rings. The van der Waals surface area contributed by atoms with Crippen molar-refractivity contribution in [3.63, 3.8) is 0 Å². The molecule has 6 heteroatoms. The van der Waals surface area contributed by atoms with Gasteiger partial charge in [-0.2, -0.15) is 0 Å². The lowest BCUT2D eigenvalue weighted by molar-refractivity contribution is -0.185. The van der Waals surface area contributed by atoms with E-state index in [1.165, 1.54) is 5.57 Å². The molecule has 0 heterocycles. The summed E-state index contributed by atoms with van der Waals surface area (Å²) in [6, 6.07) is 0. The standard InChI is InChI=1S/C26H36O6/c1-6-21(28)26(32-23(29)31-7-2)13-11-19-18-9-8-16-14-17(27)10-12-24(16,3)22(18)20(30-5)15-25(19,26)4/h10,12,14,18-20,22H,6-9,11,13,15H2,1-5H3/t18?,19?,20?,22?,24?,25?,26-/m0/s1. The van der Waals surface area contributed by atoms with Crippen LogP contribution in [0.1, 0.15) is 66.2 Å². The van der Waals surface area contributed by atoms with Gasteiger partial charge in [-0.05, 0) is 63.0 Å². The molecule has 0 aromatic rings. The molecule has 3 saturated carbocycles. The lowest BCUT2D eigenvalue weighted by Crippen LogP contribution is -2.62. The summed E-state index contributed by atoms with van der Waals surface area (Å²) < 4.78 is 17.2. The molecular weight excluding hydrogens is 408 g/mol. The minimum absolute atomic E-state index is 0.0328. The summed E-state index contributed by atoms with van der Waals surface area (Å²) in [6.07, 6.45) is 8.80. The smallest absolute Gasteiger partial charge is 0.435 e. The van der Waals surface area contributed by atoms with Crippen molar-refractivity contribution in [2.75, 3.05) is 13.7 Å². The number of methoxy groups -OCH3 is 1. The van der Waals surface area contributed by atoms with Gasteiger partial charge >= 0.3 is 6.16 Å². The third-order valence-electron chi connectivity index (χ3n) is 9.19. The van der Waals surface area contributed by atoms with Crippen LogP contribution in [0.5, 0.6) is 0 Å². The molecule has 0 spiro atoms. The fourth-order valence-electron chi connectivity index (χ4n) is 7.76. The van der Waals surface area contributed by atoms with Crippen molar-refractivity contribution in [2.45, 2.75) is 77.9 Å². The van der Waals surface area contributed by atoms with E-state index in [2.05, 4.69) is 19.9 Å². The number of rotatable bonds is 5. The molecule has 0 radical (unpaired) electrons. The largest absolute Gasteiger partial charge is 0.509 e. The van der Waals surface area contributed by atoms with Gasteiger partial charge in [-0.25, -0.2) is 4.79 Å². The van der Waals surface area contributed by atoms with Gasteiger partial charge in [-0.1, -0.05) is 32.4 Å². The number of Topliss-reactive ketones (excluding diaryl/α,β-unsaturated/α-hetero) is 1. The molecule has 4 rings (SSSR count). The van der Waals surface area contributed by atoms with Crippen molar-refractivity contribution in [3.8, 4) is 0 Å². The lowest BCUT2D eigenvalue weighted by Gasteiger charge is -2.60. The second-order valence-electron chi connectivity index (χ2n) is 10.3. The van der Waals surface area contributed by atoms with Gasteiger partial charge in [0, 0.05) is 30.3 Å². The van der Waals surface area contributed by atoms with Crippen LogP contribution in [0, 0.1) is 28.6 Å². The van der Waals surface area contributed by atoms with Crippen molar-refractivity contribution < 1.29 is 28.6 Å². The topological polar surface area (TPSA) is 78.9 Å². The molecule has 0 aromatic carbocycles. The molecule has 176 valence electrons. The fraction of sp³-hybridized carbons (Fsp3) is 0.731. The fourth-order valence-corrected chi connectivity index (χ4v) is 7.76. The summed E-state index contributed by atoms with van der Waals surface area (Å²) in [5.41, 5.74) is -0.759. The maximum atomic E-state index is 13.4. The molecule has 0 saturated heterocycles. The van der Waals surface area contributed by atoms with Crippen LogP contribution in [0.3, 0.4) is 0 Å². The van der Waals surface area contributed by atoms with Crippen molar-refractivity contribution >= 4 is 17.7 Å². The summed E-state index contributed by atoms with van der Waals surface area (Å²) >= 11 is 0. The number of fused-ring (bicyclic) bond motifs is 5. The molecule has 4 aliphatic rings. The van der Waals surface area contributed by atoms with Crippen molar-refractivity contribution in [3.05, 3.63) is 23.8 Å². The van der Waals surface area contributed by atoms with E-state index in [0.717, 1.165) is 19.3 Å². The molecule has 7 atom stereocenters. The molecule has 6 unspecified atom stereocenters. The van der Waals surface area contributed by atoms with E-state index < -0.39 is 17.2 Å². The number of carbonyl (C=O) groups excluding carboxylic acids is 3. The van der Waals surface area contributed by atoms with Crippen molar-refractivity contribution in [2.24, 2.45) is 28.6 Å². The minimum Gasteiger partial charge on any atom is -0.435 e. The highest BCUT2D eigenvalue weighted by Gasteiger charge is 2.70. The van der Waals surface area contributed by atoms with Crippen molar-refractivity contribution in [1.82, 2.24) is 0 Å². The number of hydrogen-bond acceptors (Lipinski definition) is 6. The molecule has 4 aliphatic carbocycles. The van der Waals surface area contributed by atoms with E-state index in [9.17, 15) is 14.4 Å². The van der Waals surface area contributed by atoms with Crippen LogP contribution in [0.15, 0.2) is 23.8 Å². The first-order chi connectivity index (χ1) is 15.2. The average Bonchev–Trinajstić information content (AvgIpc) is 3.05. The van der Waals surface area contributed by atoms with E-state index in [4.69, 9.17) is 14.2 Å². The third-order valence-corrected chi connectivity index (χ3v) is 9.19.